The van der Waals surface area contributed by atoms with Crippen LogP contribution in [0.2, 0.25) is 0 Å². The zero-order chi connectivity index (χ0) is 16.1. The lowest BCUT2D eigenvalue weighted by Crippen LogP contribution is -2.06. The van der Waals surface area contributed by atoms with Gasteiger partial charge in [-0.15, -0.1) is 0 Å². The second-order valence-corrected chi connectivity index (χ2v) is 5.53. The first-order chi connectivity index (χ1) is 11.2. The molecule has 3 aromatic rings. The molecule has 0 aliphatic rings. The summed E-state index contributed by atoms with van der Waals surface area (Å²) < 4.78 is 0. The third kappa shape index (κ3) is 3.72. The summed E-state index contributed by atoms with van der Waals surface area (Å²) in [7, 11) is 0. The first-order valence-corrected chi connectivity index (χ1v) is 7.72. The average Bonchev–Trinajstić information content (AvgIpc) is 2.59. The molecule has 1 aromatic heterocycles. The van der Waals surface area contributed by atoms with Gasteiger partial charge in [-0.1, -0.05) is 42.5 Å². The Morgan fingerprint density at radius 2 is 1.70 bits per heavy atom. The van der Waals surface area contributed by atoms with Gasteiger partial charge in [0, 0.05) is 18.5 Å². The average molecular weight is 306 g/mol. The monoisotopic (exact) mass is 306 g/mol. The van der Waals surface area contributed by atoms with Gasteiger partial charge in [0.1, 0.15) is 0 Å². The predicted octanol–water partition coefficient (Wildman–Crippen LogP) is 4.02. The van der Waals surface area contributed by atoms with Crippen molar-refractivity contribution in [2.24, 2.45) is 0 Å². The highest BCUT2D eigenvalue weighted by atomic mass is 16.4. The Hall–Kier alpha value is -2.75. The van der Waals surface area contributed by atoms with E-state index in [1.54, 1.807) is 6.20 Å². The van der Waals surface area contributed by atoms with Crippen molar-refractivity contribution >= 4 is 17.0 Å². The van der Waals surface area contributed by atoms with Crippen LogP contribution in [-0.4, -0.2) is 21.0 Å². The summed E-state index contributed by atoms with van der Waals surface area (Å²) in [6.45, 7) is 0. The van der Waals surface area contributed by atoms with Crippen LogP contribution in [0.5, 0.6) is 0 Å². The fraction of sp³-hybridized carbons (Fsp3) is 0.211. The minimum absolute atomic E-state index is 0.0626. The number of aromatic nitrogens is 2. The van der Waals surface area contributed by atoms with Crippen LogP contribution in [0.15, 0.2) is 60.8 Å². The summed E-state index contributed by atoms with van der Waals surface area (Å²) in [6.07, 6.45) is 3.33. The lowest BCUT2D eigenvalue weighted by molar-refractivity contribution is -0.137. The third-order valence-electron chi connectivity index (χ3n) is 3.91. The Morgan fingerprint density at radius 3 is 2.43 bits per heavy atom. The summed E-state index contributed by atoms with van der Waals surface area (Å²) in [6, 6.07) is 17.9. The molecule has 4 nitrogen and oxygen atoms in total. The lowest BCUT2D eigenvalue weighted by Gasteiger charge is -2.17. The summed E-state index contributed by atoms with van der Waals surface area (Å²) in [5, 5.41) is 8.88. The van der Waals surface area contributed by atoms with Gasteiger partial charge in [0.05, 0.1) is 16.7 Å². The van der Waals surface area contributed by atoms with Crippen molar-refractivity contribution in [1.29, 1.82) is 0 Å². The minimum Gasteiger partial charge on any atom is -0.481 e. The summed E-state index contributed by atoms with van der Waals surface area (Å²) in [4.78, 5) is 20.0. The Morgan fingerprint density at radius 1 is 1.00 bits per heavy atom. The van der Waals surface area contributed by atoms with Gasteiger partial charge in [0.2, 0.25) is 0 Å². The molecular formula is C19H18N2O2. The molecule has 0 aliphatic carbocycles. The van der Waals surface area contributed by atoms with E-state index in [1.807, 2.05) is 42.5 Å². The van der Waals surface area contributed by atoms with Crippen LogP contribution >= 0.6 is 0 Å². The molecule has 0 amide bonds. The first-order valence-electron chi connectivity index (χ1n) is 7.72. The molecule has 0 spiro atoms. The van der Waals surface area contributed by atoms with E-state index in [-0.39, 0.29) is 12.3 Å². The second-order valence-electron chi connectivity index (χ2n) is 5.53. The van der Waals surface area contributed by atoms with Crippen LogP contribution in [0.1, 0.15) is 36.4 Å². The number of hydrogen-bond donors (Lipinski definition) is 1. The molecule has 0 fully saturated rings. The molecule has 1 atom stereocenters. The molecule has 116 valence electrons. The number of aliphatic carboxylic acids is 1. The van der Waals surface area contributed by atoms with Gasteiger partial charge in [-0.25, -0.2) is 4.98 Å². The van der Waals surface area contributed by atoms with Gasteiger partial charge in [0.15, 0.2) is 0 Å². The molecule has 0 bridgehead atoms. The largest absolute Gasteiger partial charge is 0.481 e. The van der Waals surface area contributed by atoms with E-state index < -0.39 is 5.97 Å². The summed E-state index contributed by atoms with van der Waals surface area (Å²) in [5.41, 5.74) is 3.76. The van der Waals surface area contributed by atoms with Crippen LogP contribution in [-0.2, 0) is 4.79 Å². The zero-order valence-electron chi connectivity index (χ0n) is 12.7. The molecule has 1 N–H and O–H groups in total. The molecule has 23 heavy (non-hydrogen) atoms. The molecule has 1 heterocycles. The Labute approximate surface area is 134 Å². The van der Waals surface area contributed by atoms with Crippen molar-refractivity contribution in [3.05, 3.63) is 72.1 Å². The van der Waals surface area contributed by atoms with Crippen LogP contribution in [0.3, 0.4) is 0 Å². The number of carboxylic acids is 1. The second kappa shape index (κ2) is 7.01. The molecule has 0 aliphatic heterocycles. The van der Waals surface area contributed by atoms with E-state index in [0.717, 1.165) is 28.7 Å². The van der Waals surface area contributed by atoms with Crippen LogP contribution in [0, 0.1) is 0 Å². The summed E-state index contributed by atoms with van der Waals surface area (Å²) >= 11 is 0. The maximum Gasteiger partial charge on any atom is 0.303 e. The van der Waals surface area contributed by atoms with Crippen molar-refractivity contribution < 1.29 is 9.90 Å². The fourth-order valence-corrected chi connectivity index (χ4v) is 2.77. The van der Waals surface area contributed by atoms with E-state index in [1.165, 1.54) is 0 Å². The number of carbonyl (C=O) groups is 1. The van der Waals surface area contributed by atoms with Gasteiger partial charge >= 0.3 is 5.97 Å². The van der Waals surface area contributed by atoms with Gasteiger partial charge in [0.25, 0.3) is 0 Å². The van der Waals surface area contributed by atoms with Crippen molar-refractivity contribution in [1.82, 2.24) is 9.97 Å². The SMILES string of the molecule is O=C(O)CCCC(c1ccccc1)c1cnc2ccccc2n1. The Kier molecular flexibility index (Phi) is 4.62. The van der Waals surface area contributed by atoms with E-state index >= 15 is 0 Å². The number of para-hydroxylation sites is 2. The number of fused-ring (bicyclic) bond motifs is 1. The Balaban J connectivity index is 1.93. The normalized spacial score (nSPS) is 12.2. The highest BCUT2D eigenvalue weighted by molar-refractivity contribution is 5.73. The van der Waals surface area contributed by atoms with Gasteiger partial charge in [-0.2, -0.15) is 0 Å². The molecular weight excluding hydrogens is 288 g/mol. The van der Waals surface area contributed by atoms with E-state index in [9.17, 15) is 4.79 Å². The standard InChI is InChI=1S/C19H18N2O2/c22-19(23)12-6-9-15(14-7-2-1-3-8-14)18-13-20-16-10-4-5-11-17(16)21-18/h1-5,7-8,10-11,13,15H,6,9,12H2,(H,22,23). The van der Waals surface area contributed by atoms with E-state index in [2.05, 4.69) is 17.1 Å². The number of nitrogens with zero attached hydrogens (tertiary/aromatic N) is 2. The molecule has 3 rings (SSSR count). The smallest absolute Gasteiger partial charge is 0.303 e. The predicted molar refractivity (Wildman–Crippen MR) is 89.3 cm³/mol. The molecule has 4 heteroatoms. The molecule has 1 unspecified atom stereocenters. The molecule has 0 saturated heterocycles. The lowest BCUT2D eigenvalue weighted by atomic mass is 9.90. The van der Waals surface area contributed by atoms with Crippen molar-refractivity contribution in [2.45, 2.75) is 25.2 Å². The van der Waals surface area contributed by atoms with Gasteiger partial charge < -0.3 is 5.11 Å². The van der Waals surface area contributed by atoms with Crippen molar-refractivity contribution in [3.8, 4) is 0 Å². The van der Waals surface area contributed by atoms with Crippen molar-refractivity contribution in [2.75, 3.05) is 0 Å². The fourth-order valence-electron chi connectivity index (χ4n) is 2.77. The topological polar surface area (TPSA) is 63.1 Å². The molecule has 0 saturated carbocycles. The zero-order valence-corrected chi connectivity index (χ0v) is 12.7. The minimum atomic E-state index is -0.763. The highest BCUT2D eigenvalue weighted by Crippen LogP contribution is 2.29. The first kappa shape index (κ1) is 15.2. The number of rotatable bonds is 6. The van der Waals surface area contributed by atoms with Crippen LogP contribution < -0.4 is 0 Å². The van der Waals surface area contributed by atoms with Crippen LogP contribution in [0.4, 0.5) is 0 Å². The highest BCUT2D eigenvalue weighted by Gasteiger charge is 2.17. The number of benzene rings is 2. The van der Waals surface area contributed by atoms with Gasteiger partial charge in [-0.05, 0) is 30.5 Å². The number of carboxylic acid groups (broad SMARTS) is 1. The Bertz CT molecular complexity index is 803. The van der Waals surface area contributed by atoms with Gasteiger partial charge in [-0.3, -0.25) is 9.78 Å². The van der Waals surface area contributed by atoms with E-state index in [0.29, 0.717) is 6.42 Å². The van der Waals surface area contributed by atoms with Crippen LogP contribution in [0.25, 0.3) is 11.0 Å². The van der Waals surface area contributed by atoms with E-state index in [4.69, 9.17) is 10.1 Å². The third-order valence-corrected chi connectivity index (χ3v) is 3.91. The maximum atomic E-state index is 10.8. The number of hydrogen-bond acceptors (Lipinski definition) is 3. The quantitative estimate of drug-likeness (QED) is 0.747. The van der Waals surface area contributed by atoms with Crippen molar-refractivity contribution in [3.63, 3.8) is 0 Å². The molecule has 0 radical (unpaired) electrons. The summed E-state index contributed by atoms with van der Waals surface area (Å²) in [5.74, 6) is -0.700. The maximum absolute atomic E-state index is 10.8. The molecule has 2 aromatic carbocycles.